The van der Waals surface area contributed by atoms with Crippen molar-refractivity contribution >= 4 is 12.2 Å². The summed E-state index contributed by atoms with van der Waals surface area (Å²) in [4.78, 5) is 5.34. The minimum absolute atomic E-state index is 0.247. The van der Waals surface area contributed by atoms with Crippen molar-refractivity contribution in [3.05, 3.63) is 28.0 Å². The maximum Gasteiger partial charge on any atom is 0.103 e. The Labute approximate surface area is 101 Å². The first-order valence-corrected chi connectivity index (χ1v) is 6.05. The Hall–Kier alpha value is -0.710. The van der Waals surface area contributed by atoms with Crippen LogP contribution in [0.15, 0.2) is 12.1 Å². The lowest BCUT2D eigenvalue weighted by Crippen LogP contribution is -2.12. The molecule has 1 N–H and O–H groups in total. The number of H-pyrrole nitrogens is 1. The Kier molecular flexibility index (Phi) is 3.74. The Bertz CT molecular complexity index is 408. The third-order valence-electron chi connectivity index (χ3n) is 2.71. The van der Waals surface area contributed by atoms with Gasteiger partial charge in [0.25, 0.3) is 0 Å². The van der Waals surface area contributed by atoms with Crippen molar-refractivity contribution in [2.75, 3.05) is 20.7 Å². The fraction of sp³-hybridized carbons (Fsp3) is 0.583. The number of hydrogen-bond donors (Lipinski definition) is 1. The maximum absolute atomic E-state index is 5.68. The molecule has 0 bridgehead atoms. The van der Waals surface area contributed by atoms with Gasteiger partial charge < -0.3 is 14.6 Å². The third-order valence-corrected chi connectivity index (χ3v) is 2.93. The minimum atomic E-state index is 0.247. The fourth-order valence-corrected chi connectivity index (χ4v) is 2.34. The molecule has 0 amide bonds. The first kappa shape index (κ1) is 11.8. The second-order valence-corrected chi connectivity index (χ2v) is 4.98. The van der Waals surface area contributed by atoms with E-state index in [9.17, 15) is 0 Å². The summed E-state index contributed by atoms with van der Waals surface area (Å²) in [7, 11) is 4.10. The number of aromatic nitrogens is 1. The summed E-state index contributed by atoms with van der Waals surface area (Å²) in [6.45, 7) is 1.75. The molecular formula is C12H18N2OS. The second-order valence-electron chi connectivity index (χ2n) is 4.54. The lowest BCUT2D eigenvalue weighted by Gasteiger charge is -2.14. The number of ether oxygens (including phenoxy) is 1. The quantitative estimate of drug-likeness (QED) is 0.821. The Morgan fingerprint density at radius 1 is 1.50 bits per heavy atom. The minimum Gasteiger partial charge on any atom is -0.374 e. The monoisotopic (exact) mass is 238 g/mol. The normalized spacial score (nSPS) is 20.6. The fourth-order valence-electron chi connectivity index (χ4n) is 2.08. The highest BCUT2D eigenvalue weighted by atomic mass is 32.1. The van der Waals surface area contributed by atoms with Crippen LogP contribution < -0.4 is 0 Å². The molecule has 2 rings (SSSR count). The highest BCUT2D eigenvalue weighted by Crippen LogP contribution is 2.28. The van der Waals surface area contributed by atoms with Crippen molar-refractivity contribution in [1.29, 1.82) is 0 Å². The summed E-state index contributed by atoms with van der Waals surface area (Å²) in [5, 5.41) is 0. The number of nitrogens with zero attached hydrogens (tertiary/aromatic N) is 1. The van der Waals surface area contributed by atoms with Gasteiger partial charge in [-0.2, -0.15) is 0 Å². The first-order valence-electron chi connectivity index (χ1n) is 5.64. The first-order chi connectivity index (χ1) is 7.65. The van der Waals surface area contributed by atoms with Crippen molar-refractivity contribution in [3.63, 3.8) is 0 Å². The van der Waals surface area contributed by atoms with Gasteiger partial charge in [-0.1, -0.05) is 12.2 Å². The molecule has 4 heteroatoms. The van der Waals surface area contributed by atoms with E-state index in [0.29, 0.717) is 0 Å². The molecule has 0 aliphatic carbocycles. The molecule has 1 aromatic rings. The van der Waals surface area contributed by atoms with Gasteiger partial charge in [0.15, 0.2) is 0 Å². The predicted octanol–water partition coefficient (Wildman–Crippen LogP) is 2.66. The molecule has 2 heterocycles. The van der Waals surface area contributed by atoms with Gasteiger partial charge in [0, 0.05) is 18.8 Å². The van der Waals surface area contributed by atoms with Crippen molar-refractivity contribution in [2.45, 2.75) is 25.5 Å². The standard InChI is InChI=1S/C12H18N2OS/c1-14(2)8-10-6-9(7-12(16)13-10)11-4-3-5-15-11/h6-7,11H,3-5,8H2,1-2H3,(H,13,16)/t11-/m0/s1. The molecule has 1 aromatic heterocycles. The summed E-state index contributed by atoms with van der Waals surface area (Å²) < 4.78 is 6.48. The van der Waals surface area contributed by atoms with Gasteiger partial charge in [-0.05, 0) is 44.6 Å². The highest BCUT2D eigenvalue weighted by molar-refractivity contribution is 7.71. The van der Waals surface area contributed by atoms with Gasteiger partial charge in [-0.15, -0.1) is 0 Å². The van der Waals surface area contributed by atoms with Gasteiger partial charge >= 0.3 is 0 Å². The zero-order valence-electron chi connectivity index (χ0n) is 9.82. The molecule has 0 spiro atoms. The lowest BCUT2D eigenvalue weighted by atomic mass is 10.1. The Morgan fingerprint density at radius 2 is 2.31 bits per heavy atom. The molecule has 0 radical (unpaired) electrons. The van der Waals surface area contributed by atoms with E-state index in [4.69, 9.17) is 17.0 Å². The SMILES string of the molecule is CN(C)Cc1cc([C@@H]2CCCO2)cc(=S)[nH]1. The van der Waals surface area contributed by atoms with Crippen LogP contribution in [-0.2, 0) is 11.3 Å². The molecule has 88 valence electrons. The molecule has 0 unspecified atom stereocenters. The van der Waals surface area contributed by atoms with Gasteiger partial charge in [-0.3, -0.25) is 0 Å². The summed E-state index contributed by atoms with van der Waals surface area (Å²) in [6, 6.07) is 4.19. The van der Waals surface area contributed by atoms with Crippen molar-refractivity contribution in [2.24, 2.45) is 0 Å². The van der Waals surface area contributed by atoms with Gasteiger partial charge in [0.2, 0.25) is 0 Å². The average molecular weight is 238 g/mol. The van der Waals surface area contributed by atoms with E-state index in [1.165, 1.54) is 5.56 Å². The van der Waals surface area contributed by atoms with E-state index < -0.39 is 0 Å². The van der Waals surface area contributed by atoms with E-state index in [1.807, 2.05) is 6.07 Å². The van der Waals surface area contributed by atoms with Crippen LogP contribution in [0, 0.1) is 4.64 Å². The predicted molar refractivity (Wildman–Crippen MR) is 66.9 cm³/mol. The number of nitrogens with one attached hydrogen (secondary N) is 1. The smallest absolute Gasteiger partial charge is 0.103 e. The van der Waals surface area contributed by atoms with Crippen molar-refractivity contribution in [1.82, 2.24) is 9.88 Å². The zero-order valence-corrected chi connectivity index (χ0v) is 10.6. The van der Waals surface area contributed by atoms with Crippen LogP contribution >= 0.6 is 12.2 Å². The van der Waals surface area contributed by atoms with Gasteiger partial charge in [-0.25, -0.2) is 0 Å². The maximum atomic E-state index is 5.68. The topological polar surface area (TPSA) is 28.3 Å². The molecule has 1 fully saturated rings. The number of aromatic amines is 1. The van der Waals surface area contributed by atoms with Crippen LogP contribution in [0.5, 0.6) is 0 Å². The van der Waals surface area contributed by atoms with E-state index in [1.54, 1.807) is 0 Å². The van der Waals surface area contributed by atoms with Gasteiger partial charge in [0.05, 0.1) is 6.10 Å². The van der Waals surface area contributed by atoms with E-state index in [0.717, 1.165) is 36.3 Å². The summed E-state index contributed by atoms with van der Waals surface area (Å²) in [6.07, 6.45) is 2.51. The molecule has 0 saturated carbocycles. The van der Waals surface area contributed by atoms with E-state index in [2.05, 4.69) is 30.0 Å². The highest BCUT2D eigenvalue weighted by Gasteiger charge is 2.18. The summed E-state index contributed by atoms with van der Waals surface area (Å²) in [5.41, 5.74) is 2.38. The van der Waals surface area contributed by atoms with Crippen LogP contribution in [0.25, 0.3) is 0 Å². The Balaban J connectivity index is 2.24. The molecular weight excluding hydrogens is 220 g/mol. The number of hydrogen-bond acceptors (Lipinski definition) is 3. The molecule has 16 heavy (non-hydrogen) atoms. The molecule has 1 aliphatic rings. The molecule has 1 atom stereocenters. The summed E-state index contributed by atoms with van der Waals surface area (Å²) in [5.74, 6) is 0. The molecule has 3 nitrogen and oxygen atoms in total. The van der Waals surface area contributed by atoms with Crippen molar-refractivity contribution < 1.29 is 4.74 Å². The van der Waals surface area contributed by atoms with Crippen LogP contribution in [-0.4, -0.2) is 30.6 Å². The van der Waals surface area contributed by atoms with Crippen LogP contribution in [0.2, 0.25) is 0 Å². The zero-order chi connectivity index (χ0) is 11.5. The molecule has 0 aromatic carbocycles. The lowest BCUT2D eigenvalue weighted by molar-refractivity contribution is 0.111. The van der Waals surface area contributed by atoms with E-state index in [-0.39, 0.29) is 6.10 Å². The largest absolute Gasteiger partial charge is 0.374 e. The molecule has 1 aliphatic heterocycles. The number of pyridine rings is 1. The Morgan fingerprint density at radius 3 is 2.94 bits per heavy atom. The van der Waals surface area contributed by atoms with Crippen LogP contribution in [0.1, 0.15) is 30.2 Å². The number of rotatable bonds is 3. The molecule has 1 saturated heterocycles. The second kappa shape index (κ2) is 5.08. The van der Waals surface area contributed by atoms with E-state index >= 15 is 0 Å². The van der Waals surface area contributed by atoms with Gasteiger partial charge in [0.1, 0.15) is 4.64 Å². The third kappa shape index (κ3) is 2.90. The average Bonchev–Trinajstić information content (AvgIpc) is 2.67. The van der Waals surface area contributed by atoms with Crippen LogP contribution in [0.4, 0.5) is 0 Å². The van der Waals surface area contributed by atoms with Crippen molar-refractivity contribution in [3.8, 4) is 0 Å². The van der Waals surface area contributed by atoms with Crippen LogP contribution in [0.3, 0.4) is 0 Å². The summed E-state index contributed by atoms with van der Waals surface area (Å²) >= 11 is 5.25.